The van der Waals surface area contributed by atoms with E-state index in [9.17, 15) is 0 Å². The summed E-state index contributed by atoms with van der Waals surface area (Å²) in [5.41, 5.74) is 3.56. The van der Waals surface area contributed by atoms with Crippen LogP contribution < -0.4 is 5.32 Å². The molecule has 0 spiro atoms. The monoisotopic (exact) mass is 218 g/mol. The highest BCUT2D eigenvalue weighted by Gasteiger charge is 2.15. The molecule has 1 aromatic rings. The van der Waals surface area contributed by atoms with Crippen molar-refractivity contribution >= 4 is 0 Å². The predicted molar refractivity (Wildman–Crippen MR) is 69.5 cm³/mol. The van der Waals surface area contributed by atoms with Crippen LogP contribution in [0.1, 0.15) is 44.5 Å². The highest BCUT2D eigenvalue weighted by atomic mass is 14.9. The van der Waals surface area contributed by atoms with Gasteiger partial charge in [-0.1, -0.05) is 32.1 Å². The lowest BCUT2D eigenvalue weighted by molar-refractivity contribution is 0.574. The Hall–Kier alpha value is -1.15. The summed E-state index contributed by atoms with van der Waals surface area (Å²) in [6, 6.07) is 4.33. The van der Waals surface area contributed by atoms with Crippen molar-refractivity contribution in [2.75, 3.05) is 6.54 Å². The zero-order valence-electron chi connectivity index (χ0n) is 10.6. The van der Waals surface area contributed by atoms with E-state index in [1.807, 2.05) is 12.3 Å². The highest BCUT2D eigenvalue weighted by molar-refractivity contribution is 5.28. The van der Waals surface area contributed by atoms with Crippen molar-refractivity contribution < 1.29 is 0 Å². The van der Waals surface area contributed by atoms with Gasteiger partial charge < -0.3 is 5.32 Å². The average molecular weight is 218 g/mol. The van der Waals surface area contributed by atoms with Crippen LogP contribution in [0.2, 0.25) is 0 Å². The van der Waals surface area contributed by atoms with Gasteiger partial charge in [0.2, 0.25) is 0 Å². The molecule has 1 aromatic heterocycles. The molecule has 88 valence electrons. The van der Waals surface area contributed by atoms with Gasteiger partial charge in [-0.05, 0) is 37.9 Å². The summed E-state index contributed by atoms with van der Waals surface area (Å²) < 4.78 is 0. The summed E-state index contributed by atoms with van der Waals surface area (Å²) in [6.45, 7) is 11.4. The van der Waals surface area contributed by atoms with Crippen molar-refractivity contribution in [2.24, 2.45) is 0 Å². The van der Waals surface area contributed by atoms with Crippen molar-refractivity contribution in [2.45, 2.75) is 39.7 Å². The molecule has 0 radical (unpaired) electrons. The number of nitrogens with zero attached hydrogens (tertiary/aromatic N) is 1. The van der Waals surface area contributed by atoms with Crippen LogP contribution in [-0.4, -0.2) is 11.5 Å². The molecule has 0 aliphatic heterocycles. The molecule has 0 aromatic carbocycles. The number of aryl methyl sites for hydroxylation is 1. The van der Waals surface area contributed by atoms with Gasteiger partial charge in [-0.2, -0.15) is 0 Å². The number of nitrogens with one attached hydrogen (secondary N) is 1. The molecule has 1 heterocycles. The topological polar surface area (TPSA) is 24.9 Å². The number of pyridine rings is 1. The maximum atomic E-state index is 4.50. The van der Waals surface area contributed by atoms with Gasteiger partial charge in [0.1, 0.15) is 0 Å². The van der Waals surface area contributed by atoms with Crippen LogP contribution in [0.4, 0.5) is 0 Å². The maximum Gasteiger partial charge on any atom is 0.0708 e. The van der Waals surface area contributed by atoms with Crippen LogP contribution in [0, 0.1) is 0 Å². The van der Waals surface area contributed by atoms with Gasteiger partial charge in [0.05, 0.1) is 11.7 Å². The standard InChI is InChI=1S/C14H22N2/c1-5-9-15-13(11(3)4)14-12(6-2)8-7-10-16-14/h7-8,10,13,15H,3,5-6,9H2,1-2,4H3. The molecule has 0 saturated carbocycles. The molecule has 1 N–H and O–H groups in total. The molecule has 0 bridgehead atoms. The predicted octanol–water partition coefficient (Wildman–Crippen LogP) is 3.26. The summed E-state index contributed by atoms with van der Waals surface area (Å²) >= 11 is 0. The maximum absolute atomic E-state index is 4.50. The first-order chi connectivity index (χ1) is 7.70. The number of hydrogen-bond donors (Lipinski definition) is 1. The second kappa shape index (κ2) is 6.44. The minimum atomic E-state index is 0.191. The van der Waals surface area contributed by atoms with E-state index in [1.165, 1.54) is 5.56 Å². The Morgan fingerprint density at radius 2 is 2.25 bits per heavy atom. The van der Waals surface area contributed by atoms with Crippen LogP contribution >= 0.6 is 0 Å². The lowest BCUT2D eigenvalue weighted by Crippen LogP contribution is -2.24. The summed E-state index contributed by atoms with van der Waals surface area (Å²) in [5.74, 6) is 0. The van der Waals surface area contributed by atoms with E-state index in [4.69, 9.17) is 0 Å². The summed E-state index contributed by atoms with van der Waals surface area (Å²) in [6.07, 6.45) is 4.00. The Balaban J connectivity index is 2.95. The van der Waals surface area contributed by atoms with E-state index in [1.54, 1.807) is 0 Å². The molecule has 0 saturated heterocycles. The summed E-state index contributed by atoms with van der Waals surface area (Å²) in [4.78, 5) is 4.50. The van der Waals surface area contributed by atoms with Crippen molar-refractivity contribution in [3.8, 4) is 0 Å². The number of rotatable bonds is 6. The molecule has 16 heavy (non-hydrogen) atoms. The number of hydrogen-bond acceptors (Lipinski definition) is 2. The molecule has 1 atom stereocenters. The van der Waals surface area contributed by atoms with Crippen LogP contribution in [0.15, 0.2) is 30.5 Å². The normalized spacial score (nSPS) is 12.4. The molecule has 1 unspecified atom stereocenters. The lowest BCUT2D eigenvalue weighted by Gasteiger charge is -2.20. The molecule has 0 aliphatic rings. The number of aromatic nitrogens is 1. The highest BCUT2D eigenvalue weighted by Crippen LogP contribution is 2.21. The molecular formula is C14H22N2. The molecule has 0 aliphatic carbocycles. The molecule has 2 nitrogen and oxygen atoms in total. The van der Waals surface area contributed by atoms with Gasteiger partial charge in [0.25, 0.3) is 0 Å². The zero-order chi connectivity index (χ0) is 12.0. The minimum absolute atomic E-state index is 0.191. The average Bonchev–Trinajstić information content (AvgIpc) is 2.29. The van der Waals surface area contributed by atoms with Gasteiger partial charge in [-0.15, -0.1) is 0 Å². The smallest absolute Gasteiger partial charge is 0.0708 e. The van der Waals surface area contributed by atoms with Crippen LogP contribution in [-0.2, 0) is 6.42 Å². The largest absolute Gasteiger partial charge is 0.305 e. The Morgan fingerprint density at radius 1 is 1.50 bits per heavy atom. The van der Waals surface area contributed by atoms with Crippen LogP contribution in [0.3, 0.4) is 0 Å². The molecule has 0 amide bonds. The molecule has 1 rings (SSSR count). The SMILES string of the molecule is C=C(C)C(NCCC)c1ncccc1CC. The van der Waals surface area contributed by atoms with E-state index < -0.39 is 0 Å². The van der Waals surface area contributed by atoms with Gasteiger partial charge in [0.15, 0.2) is 0 Å². The fourth-order valence-electron chi connectivity index (χ4n) is 1.80. The molecule has 2 heteroatoms. The fraction of sp³-hybridized carbons (Fsp3) is 0.500. The lowest BCUT2D eigenvalue weighted by atomic mass is 10.00. The Morgan fingerprint density at radius 3 is 2.81 bits per heavy atom. The summed E-state index contributed by atoms with van der Waals surface area (Å²) in [5, 5.41) is 3.50. The van der Waals surface area contributed by atoms with E-state index in [2.05, 4.69) is 43.7 Å². The van der Waals surface area contributed by atoms with Crippen molar-refractivity contribution in [3.05, 3.63) is 41.7 Å². The van der Waals surface area contributed by atoms with Gasteiger partial charge in [-0.25, -0.2) is 0 Å². The minimum Gasteiger partial charge on any atom is -0.305 e. The van der Waals surface area contributed by atoms with Crippen molar-refractivity contribution in [1.29, 1.82) is 0 Å². The third-order valence-electron chi connectivity index (χ3n) is 2.67. The third-order valence-corrected chi connectivity index (χ3v) is 2.67. The summed E-state index contributed by atoms with van der Waals surface area (Å²) in [7, 11) is 0. The Labute approximate surface area is 98.8 Å². The zero-order valence-corrected chi connectivity index (χ0v) is 10.6. The van der Waals surface area contributed by atoms with Crippen molar-refractivity contribution in [1.82, 2.24) is 10.3 Å². The first kappa shape index (κ1) is 12.9. The second-order valence-corrected chi connectivity index (χ2v) is 4.13. The van der Waals surface area contributed by atoms with E-state index >= 15 is 0 Å². The van der Waals surface area contributed by atoms with Crippen molar-refractivity contribution in [3.63, 3.8) is 0 Å². The molecular weight excluding hydrogens is 196 g/mol. The van der Waals surface area contributed by atoms with Gasteiger partial charge >= 0.3 is 0 Å². The van der Waals surface area contributed by atoms with E-state index in [0.717, 1.165) is 30.7 Å². The Kier molecular flexibility index (Phi) is 5.20. The third kappa shape index (κ3) is 3.17. The second-order valence-electron chi connectivity index (χ2n) is 4.13. The van der Waals surface area contributed by atoms with Gasteiger partial charge in [0, 0.05) is 6.20 Å². The van der Waals surface area contributed by atoms with Crippen LogP contribution in [0.5, 0.6) is 0 Å². The quantitative estimate of drug-likeness (QED) is 0.741. The van der Waals surface area contributed by atoms with Gasteiger partial charge in [-0.3, -0.25) is 4.98 Å². The van der Waals surface area contributed by atoms with E-state index in [0.29, 0.717) is 0 Å². The first-order valence-corrected chi connectivity index (χ1v) is 6.03. The van der Waals surface area contributed by atoms with Crippen LogP contribution in [0.25, 0.3) is 0 Å². The fourth-order valence-corrected chi connectivity index (χ4v) is 1.80. The first-order valence-electron chi connectivity index (χ1n) is 6.03. The van der Waals surface area contributed by atoms with E-state index in [-0.39, 0.29) is 6.04 Å². The Bertz CT molecular complexity index is 344. The molecule has 0 fully saturated rings.